The SMILES string of the molecule is CC(C)(C)N1C=CN(C(=Nc2ccccc2)c2ccccc2)C1. The van der Waals surface area contributed by atoms with Crippen molar-refractivity contribution in [3.63, 3.8) is 0 Å². The van der Waals surface area contributed by atoms with E-state index in [1.807, 2.05) is 36.4 Å². The largest absolute Gasteiger partial charge is 0.353 e. The van der Waals surface area contributed by atoms with Crippen molar-refractivity contribution in [2.75, 3.05) is 6.67 Å². The van der Waals surface area contributed by atoms with Crippen molar-refractivity contribution >= 4 is 11.5 Å². The van der Waals surface area contributed by atoms with E-state index in [0.717, 1.165) is 23.8 Å². The van der Waals surface area contributed by atoms with E-state index in [2.05, 4.69) is 67.2 Å². The zero-order chi connectivity index (χ0) is 16.3. The summed E-state index contributed by atoms with van der Waals surface area (Å²) in [5.41, 5.74) is 2.19. The maximum absolute atomic E-state index is 4.89. The zero-order valence-corrected chi connectivity index (χ0v) is 14.0. The second-order valence-corrected chi connectivity index (χ2v) is 6.69. The highest BCUT2D eigenvalue weighted by molar-refractivity contribution is 6.01. The summed E-state index contributed by atoms with van der Waals surface area (Å²) in [6.07, 6.45) is 4.25. The summed E-state index contributed by atoms with van der Waals surface area (Å²) in [5.74, 6) is 0.972. The van der Waals surface area contributed by atoms with Crippen LogP contribution >= 0.6 is 0 Å². The van der Waals surface area contributed by atoms with E-state index in [4.69, 9.17) is 4.99 Å². The predicted octanol–water partition coefficient (Wildman–Crippen LogP) is 4.61. The summed E-state index contributed by atoms with van der Waals surface area (Å²) in [5, 5.41) is 0. The van der Waals surface area contributed by atoms with E-state index in [9.17, 15) is 0 Å². The van der Waals surface area contributed by atoms with Crippen LogP contribution in [0.2, 0.25) is 0 Å². The molecule has 0 fully saturated rings. The molecule has 1 aliphatic rings. The van der Waals surface area contributed by atoms with Gasteiger partial charge in [0.25, 0.3) is 0 Å². The first-order valence-corrected chi connectivity index (χ1v) is 7.95. The molecule has 0 radical (unpaired) electrons. The molecule has 0 spiro atoms. The molecule has 0 saturated carbocycles. The van der Waals surface area contributed by atoms with Crippen LogP contribution < -0.4 is 0 Å². The molecule has 3 nitrogen and oxygen atoms in total. The molecule has 0 N–H and O–H groups in total. The molecule has 0 bridgehead atoms. The highest BCUT2D eigenvalue weighted by Crippen LogP contribution is 2.23. The van der Waals surface area contributed by atoms with Crippen LogP contribution in [-0.2, 0) is 0 Å². The van der Waals surface area contributed by atoms with Crippen molar-refractivity contribution < 1.29 is 0 Å². The fraction of sp³-hybridized carbons (Fsp3) is 0.250. The molecule has 118 valence electrons. The fourth-order valence-corrected chi connectivity index (χ4v) is 2.50. The summed E-state index contributed by atoms with van der Waals surface area (Å²) in [6, 6.07) is 20.5. The van der Waals surface area contributed by atoms with Crippen molar-refractivity contribution in [2.45, 2.75) is 26.3 Å². The Hall–Kier alpha value is -2.55. The molecule has 23 heavy (non-hydrogen) atoms. The standard InChI is InChI=1S/C20H23N3/c1-20(2,3)23-15-14-22(16-23)19(17-10-6-4-7-11-17)21-18-12-8-5-9-13-18/h4-15H,16H2,1-3H3. The molecule has 1 heterocycles. The van der Waals surface area contributed by atoms with E-state index in [1.165, 1.54) is 0 Å². The molecule has 2 aromatic rings. The van der Waals surface area contributed by atoms with Gasteiger partial charge in [-0.1, -0.05) is 48.5 Å². The van der Waals surface area contributed by atoms with Crippen LogP contribution in [-0.4, -0.2) is 27.8 Å². The average molecular weight is 305 g/mol. The normalized spacial score (nSPS) is 15.3. The van der Waals surface area contributed by atoms with Gasteiger partial charge >= 0.3 is 0 Å². The Morgan fingerprint density at radius 1 is 0.870 bits per heavy atom. The lowest BCUT2D eigenvalue weighted by Crippen LogP contribution is -2.40. The van der Waals surface area contributed by atoms with Crippen LogP contribution in [0.4, 0.5) is 5.69 Å². The summed E-state index contributed by atoms with van der Waals surface area (Å²) < 4.78 is 0. The van der Waals surface area contributed by atoms with Gasteiger partial charge in [0.1, 0.15) is 5.84 Å². The topological polar surface area (TPSA) is 18.8 Å². The maximum atomic E-state index is 4.89. The second kappa shape index (κ2) is 6.29. The number of para-hydroxylation sites is 1. The fourth-order valence-electron chi connectivity index (χ4n) is 2.50. The Labute approximate surface area is 138 Å². The minimum Gasteiger partial charge on any atom is -0.353 e. The Kier molecular flexibility index (Phi) is 4.20. The highest BCUT2D eigenvalue weighted by atomic mass is 15.4. The number of nitrogens with zero attached hydrogens (tertiary/aromatic N) is 3. The van der Waals surface area contributed by atoms with E-state index in [-0.39, 0.29) is 5.54 Å². The summed E-state index contributed by atoms with van der Waals surface area (Å²) >= 11 is 0. The average Bonchev–Trinajstić information content (AvgIpc) is 3.04. The van der Waals surface area contributed by atoms with Gasteiger partial charge in [-0.25, -0.2) is 4.99 Å². The van der Waals surface area contributed by atoms with Crippen molar-refractivity contribution in [1.29, 1.82) is 0 Å². The number of aliphatic imine (C=N–C) groups is 1. The third-order valence-corrected chi connectivity index (χ3v) is 3.89. The smallest absolute Gasteiger partial charge is 0.142 e. The number of hydrogen-bond acceptors (Lipinski definition) is 2. The molecule has 0 atom stereocenters. The molecule has 1 aliphatic heterocycles. The van der Waals surface area contributed by atoms with Crippen molar-refractivity contribution in [3.8, 4) is 0 Å². The predicted molar refractivity (Wildman–Crippen MR) is 96.5 cm³/mol. The minimum absolute atomic E-state index is 0.0970. The minimum atomic E-state index is 0.0970. The van der Waals surface area contributed by atoms with Crippen LogP contribution in [0.25, 0.3) is 0 Å². The first-order valence-electron chi connectivity index (χ1n) is 7.95. The quantitative estimate of drug-likeness (QED) is 0.596. The monoisotopic (exact) mass is 305 g/mol. The van der Waals surface area contributed by atoms with Crippen molar-refractivity contribution in [1.82, 2.24) is 9.80 Å². The molecule has 0 unspecified atom stereocenters. The first kappa shape index (κ1) is 15.3. The molecular formula is C20H23N3. The molecule has 2 aromatic carbocycles. The summed E-state index contributed by atoms with van der Waals surface area (Å²) in [6.45, 7) is 7.47. The van der Waals surface area contributed by atoms with Crippen molar-refractivity contribution in [3.05, 3.63) is 78.6 Å². The number of rotatable bonds is 2. The Bertz CT molecular complexity index is 697. The van der Waals surface area contributed by atoms with Gasteiger partial charge in [0.15, 0.2) is 0 Å². The van der Waals surface area contributed by atoms with Crippen molar-refractivity contribution in [2.24, 2.45) is 4.99 Å². The van der Waals surface area contributed by atoms with Gasteiger partial charge < -0.3 is 9.80 Å². The molecule has 3 rings (SSSR count). The van der Waals surface area contributed by atoms with Gasteiger partial charge in [0.05, 0.1) is 12.4 Å². The maximum Gasteiger partial charge on any atom is 0.142 e. The molecule has 0 aliphatic carbocycles. The van der Waals surface area contributed by atoms with Crippen LogP contribution in [0.15, 0.2) is 78.1 Å². The highest BCUT2D eigenvalue weighted by Gasteiger charge is 2.26. The van der Waals surface area contributed by atoms with E-state index in [0.29, 0.717) is 0 Å². The van der Waals surface area contributed by atoms with E-state index < -0.39 is 0 Å². The van der Waals surface area contributed by atoms with E-state index in [1.54, 1.807) is 0 Å². The zero-order valence-electron chi connectivity index (χ0n) is 14.0. The number of hydrogen-bond donors (Lipinski definition) is 0. The molecule has 0 aromatic heterocycles. The molecule has 3 heteroatoms. The third kappa shape index (κ3) is 3.62. The van der Waals surface area contributed by atoms with Crippen LogP contribution in [0.3, 0.4) is 0 Å². The Morgan fingerprint density at radius 3 is 2.04 bits per heavy atom. The molecule has 0 amide bonds. The number of benzene rings is 2. The van der Waals surface area contributed by atoms with E-state index >= 15 is 0 Å². The third-order valence-electron chi connectivity index (χ3n) is 3.89. The number of amidine groups is 1. The summed E-state index contributed by atoms with van der Waals surface area (Å²) in [4.78, 5) is 9.41. The molecular weight excluding hydrogens is 282 g/mol. The molecule has 0 saturated heterocycles. The van der Waals surface area contributed by atoms with Gasteiger partial charge in [-0.2, -0.15) is 0 Å². The van der Waals surface area contributed by atoms with Gasteiger partial charge in [0.2, 0.25) is 0 Å². The lowest BCUT2D eigenvalue weighted by atomic mass is 10.1. The first-order chi connectivity index (χ1) is 11.0. The van der Waals surface area contributed by atoms with Crippen LogP contribution in [0.5, 0.6) is 0 Å². The van der Waals surface area contributed by atoms with Gasteiger partial charge in [0, 0.05) is 23.5 Å². The lowest BCUT2D eigenvalue weighted by molar-refractivity contribution is 0.188. The Balaban J connectivity index is 1.95. The lowest BCUT2D eigenvalue weighted by Gasteiger charge is -2.33. The Morgan fingerprint density at radius 2 is 1.48 bits per heavy atom. The van der Waals surface area contributed by atoms with Crippen LogP contribution in [0, 0.1) is 0 Å². The summed E-state index contributed by atoms with van der Waals surface area (Å²) in [7, 11) is 0. The van der Waals surface area contributed by atoms with Gasteiger partial charge in [-0.3, -0.25) is 0 Å². The van der Waals surface area contributed by atoms with Crippen LogP contribution in [0.1, 0.15) is 26.3 Å². The van der Waals surface area contributed by atoms with Gasteiger partial charge in [-0.15, -0.1) is 0 Å². The van der Waals surface area contributed by atoms with Gasteiger partial charge in [-0.05, 0) is 32.9 Å². The second-order valence-electron chi connectivity index (χ2n) is 6.69.